The second-order valence-corrected chi connectivity index (χ2v) is 17.1. The second-order valence-electron chi connectivity index (χ2n) is 16.6. The van der Waals surface area contributed by atoms with Gasteiger partial charge in [-0.3, -0.25) is 14.4 Å². The van der Waals surface area contributed by atoms with Crippen molar-refractivity contribution in [1.29, 1.82) is 0 Å². The number of rotatable bonds is 6. The standard InChI is InChI=1S/C43H63ClN2O10/c1-12-34-43(9,51)39-26(4)35(45-29(7)47)24(2)21-42(8,53-23-31(22-52-39)17-13-15-30-16-14-18-32(44)20-30)38(27(5)36(48)28(6)40(50)55-34)56-41-37(49)33(46(10)11)19-25(3)54-41/h13-18,20,24-28,33-34,37-39,41,49,51H,12,19,21-23H2,1-11H3/b15-13+,31-17-,45-35?/t24?,25-,26?,27+,28-,33+,34-,37?,38?,39?,41+,42-,43-/m1/s1. The number of benzene rings is 1. The molecule has 12 nitrogen and oxygen atoms in total. The highest BCUT2D eigenvalue weighted by Crippen LogP contribution is 2.40. The summed E-state index contributed by atoms with van der Waals surface area (Å²) in [6.45, 7) is 15.4. The van der Waals surface area contributed by atoms with Gasteiger partial charge in [-0.05, 0) is 90.2 Å². The van der Waals surface area contributed by atoms with Gasteiger partial charge >= 0.3 is 5.97 Å². The van der Waals surface area contributed by atoms with Crippen molar-refractivity contribution in [2.24, 2.45) is 28.7 Å². The van der Waals surface area contributed by atoms with Crippen molar-refractivity contribution in [1.82, 2.24) is 4.90 Å². The highest BCUT2D eigenvalue weighted by atomic mass is 35.5. The minimum absolute atomic E-state index is 0.0132. The number of carbonyl (C=O) groups is 3. The van der Waals surface area contributed by atoms with Crippen LogP contribution in [0.15, 0.2) is 47.0 Å². The van der Waals surface area contributed by atoms with Gasteiger partial charge in [0, 0.05) is 35.5 Å². The summed E-state index contributed by atoms with van der Waals surface area (Å²) in [5.74, 6) is -5.07. The Kier molecular flexibility index (Phi) is 15.8. The van der Waals surface area contributed by atoms with Crippen molar-refractivity contribution in [2.45, 2.75) is 136 Å². The molecular weight excluding hydrogens is 740 g/mol. The summed E-state index contributed by atoms with van der Waals surface area (Å²) in [6.07, 6.45) is 0.873. The average Bonchev–Trinajstić information content (AvgIpc) is 3.14. The number of hydrogen-bond acceptors (Lipinski definition) is 11. The van der Waals surface area contributed by atoms with Gasteiger partial charge in [0.05, 0.1) is 37.1 Å². The van der Waals surface area contributed by atoms with Crippen LogP contribution < -0.4 is 0 Å². The van der Waals surface area contributed by atoms with Crippen LogP contribution in [0.3, 0.4) is 0 Å². The minimum atomic E-state index is -1.79. The van der Waals surface area contributed by atoms with E-state index in [9.17, 15) is 24.6 Å². The number of Topliss-reactive ketones (excluding diaryl/α,β-unsaturated/α-hetero) is 1. The molecule has 0 aromatic heterocycles. The maximum atomic E-state index is 14.5. The van der Waals surface area contributed by atoms with E-state index in [2.05, 4.69) is 4.99 Å². The molecular formula is C43H63ClN2O10. The zero-order chi connectivity index (χ0) is 41.7. The summed E-state index contributed by atoms with van der Waals surface area (Å²) in [5, 5.41) is 24.6. The fourth-order valence-electron chi connectivity index (χ4n) is 8.58. The Balaban J connectivity index is 1.97. The van der Waals surface area contributed by atoms with E-state index in [4.69, 9.17) is 35.3 Å². The van der Waals surface area contributed by atoms with E-state index in [1.165, 1.54) is 13.8 Å². The topological polar surface area (TPSA) is 153 Å². The average molecular weight is 803 g/mol. The number of ether oxygens (including phenoxy) is 5. The number of aliphatic imine (C=N–C) groups is 1. The Morgan fingerprint density at radius 3 is 2.43 bits per heavy atom. The molecule has 13 atom stereocenters. The van der Waals surface area contributed by atoms with E-state index < -0.39 is 83.2 Å². The van der Waals surface area contributed by atoms with Crippen LogP contribution >= 0.6 is 11.6 Å². The zero-order valence-corrected chi connectivity index (χ0v) is 35.6. The number of cyclic esters (lactones) is 1. The number of amides is 1. The Morgan fingerprint density at radius 2 is 1.80 bits per heavy atom. The van der Waals surface area contributed by atoms with Gasteiger partial charge in [0.15, 0.2) is 12.1 Å². The smallest absolute Gasteiger partial charge is 0.316 e. The van der Waals surface area contributed by atoms with Gasteiger partial charge in [-0.1, -0.05) is 69.7 Å². The molecule has 0 saturated carbocycles. The number of hydrogen-bond donors (Lipinski definition) is 2. The predicted octanol–water partition coefficient (Wildman–Crippen LogP) is 5.84. The monoisotopic (exact) mass is 802 g/mol. The first kappa shape index (κ1) is 45.9. The number of allylic oxidation sites excluding steroid dienone is 2. The molecule has 0 aliphatic carbocycles. The van der Waals surface area contributed by atoms with E-state index in [1.807, 2.05) is 83.1 Å². The van der Waals surface area contributed by atoms with Crippen molar-refractivity contribution < 1.29 is 48.3 Å². The van der Waals surface area contributed by atoms with Crippen molar-refractivity contribution in [3.05, 3.63) is 52.6 Å². The lowest BCUT2D eigenvalue weighted by molar-refractivity contribution is -0.296. The normalized spacial score (nSPS) is 39.7. The highest BCUT2D eigenvalue weighted by Gasteiger charge is 2.53. The first-order chi connectivity index (χ1) is 26.2. The van der Waals surface area contributed by atoms with Crippen molar-refractivity contribution in [3.8, 4) is 0 Å². The molecule has 2 bridgehead atoms. The molecule has 1 aromatic rings. The molecule has 312 valence electrons. The zero-order valence-electron chi connectivity index (χ0n) is 34.9. The van der Waals surface area contributed by atoms with Crippen LogP contribution in [-0.4, -0.2) is 120 Å². The van der Waals surface area contributed by atoms with E-state index in [-0.39, 0.29) is 38.2 Å². The van der Waals surface area contributed by atoms with E-state index in [1.54, 1.807) is 26.8 Å². The fourth-order valence-corrected chi connectivity index (χ4v) is 8.77. The van der Waals surface area contributed by atoms with Gasteiger partial charge in [0.2, 0.25) is 5.91 Å². The molecule has 2 N–H and O–H groups in total. The molecule has 0 spiro atoms. The lowest BCUT2D eigenvalue weighted by Gasteiger charge is -2.47. The fraction of sp³-hybridized carbons (Fsp3) is 0.674. The number of fused-ring (bicyclic) bond motifs is 5. The SMILES string of the molecule is CC[C@H]1OC(=O)[C@H](C)C(=O)[C@H](C)C(O[C@@H]2O[C@H](C)C[C@H](N(C)C)C2O)[C@@]2(C)CC(C)C(=NC(C)=O)C(C)C(OC/C(=C/C=C/c3cccc(Cl)c3)CO2)[C@]1(C)O. The minimum Gasteiger partial charge on any atom is -0.459 e. The molecule has 3 heterocycles. The number of nitrogens with zero attached hydrogens (tertiary/aromatic N) is 2. The highest BCUT2D eigenvalue weighted by molar-refractivity contribution is 6.30. The van der Waals surface area contributed by atoms with Crippen LogP contribution in [0.2, 0.25) is 5.02 Å². The summed E-state index contributed by atoms with van der Waals surface area (Å²) >= 11 is 6.24. The Labute approximate surface area is 337 Å². The van der Waals surface area contributed by atoms with E-state index in [0.29, 0.717) is 22.7 Å². The van der Waals surface area contributed by atoms with Crippen molar-refractivity contribution >= 4 is 41.0 Å². The van der Waals surface area contributed by atoms with Crippen molar-refractivity contribution in [2.75, 3.05) is 27.3 Å². The van der Waals surface area contributed by atoms with Crippen LogP contribution in [-0.2, 0) is 38.1 Å². The number of ketones is 1. The molecule has 3 aliphatic rings. The molecule has 5 unspecified atom stereocenters. The summed E-state index contributed by atoms with van der Waals surface area (Å²) in [4.78, 5) is 47.5. The molecule has 1 aromatic carbocycles. The predicted molar refractivity (Wildman–Crippen MR) is 215 cm³/mol. The van der Waals surface area contributed by atoms with Gasteiger partial charge < -0.3 is 38.8 Å². The number of halogens is 1. The number of aliphatic hydroxyl groups excluding tert-OH is 1. The van der Waals surface area contributed by atoms with Crippen molar-refractivity contribution in [3.63, 3.8) is 0 Å². The van der Waals surface area contributed by atoms with Crippen LogP contribution in [0.4, 0.5) is 0 Å². The molecule has 1 amide bonds. The Bertz CT molecular complexity index is 1640. The third-order valence-electron chi connectivity index (χ3n) is 11.6. The number of likely N-dealkylation sites (N-methyl/N-ethyl adjacent to an activating group) is 1. The first-order valence-corrected chi connectivity index (χ1v) is 20.2. The van der Waals surface area contributed by atoms with Crippen LogP contribution in [0.25, 0.3) is 6.08 Å². The Morgan fingerprint density at radius 1 is 1.11 bits per heavy atom. The van der Waals surface area contributed by atoms with Gasteiger partial charge in [0.25, 0.3) is 0 Å². The van der Waals surface area contributed by atoms with Gasteiger partial charge in [-0.25, -0.2) is 4.99 Å². The quantitative estimate of drug-likeness (QED) is 0.264. The molecule has 0 radical (unpaired) electrons. The number of aliphatic hydroxyl groups is 2. The maximum Gasteiger partial charge on any atom is 0.316 e. The summed E-state index contributed by atoms with van der Waals surface area (Å²) in [6, 6.07) is 7.11. The van der Waals surface area contributed by atoms with Crippen LogP contribution in [0, 0.1) is 23.7 Å². The van der Waals surface area contributed by atoms with E-state index >= 15 is 0 Å². The van der Waals surface area contributed by atoms with Gasteiger partial charge in [-0.15, -0.1) is 0 Å². The molecule has 4 rings (SSSR count). The molecule has 13 heteroatoms. The largest absolute Gasteiger partial charge is 0.459 e. The first-order valence-electron chi connectivity index (χ1n) is 19.8. The lowest BCUT2D eigenvalue weighted by atomic mass is 9.73. The van der Waals surface area contributed by atoms with Gasteiger partial charge in [-0.2, -0.15) is 0 Å². The lowest BCUT2D eigenvalue weighted by Crippen LogP contribution is -2.60. The third-order valence-corrected chi connectivity index (χ3v) is 11.9. The van der Waals surface area contributed by atoms with Crippen LogP contribution in [0.5, 0.6) is 0 Å². The molecule has 3 saturated heterocycles. The number of esters is 1. The van der Waals surface area contributed by atoms with E-state index in [0.717, 1.165) is 5.56 Å². The van der Waals surface area contributed by atoms with Crippen LogP contribution in [0.1, 0.15) is 87.1 Å². The summed E-state index contributed by atoms with van der Waals surface area (Å²) < 4.78 is 32.6. The Hall–Kier alpha value is -2.81. The third kappa shape index (κ3) is 10.8. The number of carbonyl (C=O) groups excluding carboxylic acids is 3. The molecule has 3 aliphatic heterocycles. The summed E-state index contributed by atoms with van der Waals surface area (Å²) in [7, 11) is 3.75. The maximum absolute atomic E-state index is 14.5. The summed E-state index contributed by atoms with van der Waals surface area (Å²) in [5.41, 5.74) is -1.10. The molecule has 56 heavy (non-hydrogen) atoms. The van der Waals surface area contributed by atoms with Gasteiger partial charge in [0.1, 0.15) is 23.7 Å². The molecule has 3 fully saturated rings. The second kappa shape index (κ2) is 19.3.